The molecule has 23 heavy (non-hydrogen) atoms. The van der Waals surface area contributed by atoms with Gasteiger partial charge in [0.1, 0.15) is 0 Å². The summed E-state index contributed by atoms with van der Waals surface area (Å²) < 4.78 is 1.19. The van der Waals surface area contributed by atoms with E-state index in [4.69, 9.17) is 0 Å². The summed E-state index contributed by atoms with van der Waals surface area (Å²) in [7, 11) is 0. The van der Waals surface area contributed by atoms with E-state index in [2.05, 4.69) is 65.6 Å². The zero-order chi connectivity index (χ0) is 17.0. The molecule has 1 aliphatic rings. The molecule has 130 valence electrons. The fraction of sp³-hybridized carbons (Fsp3) is 0.706. The first-order valence-corrected chi connectivity index (χ1v) is 9.98. The Kier molecular flexibility index (Phi) is 7.07. The molecule has 1 amide bonds. The molecule has 0 aromatic carbocycles. The highest BCUT2D eigenvalue weighted by Gasteiger charge is 2.24. The van der Waals surface area contributed by atoms with E-state index in [0.29, 0.717) is 6.54 Å². The van der Waals surface area contributed by atoms with Crippen LogP contribution in [0, 0.1) is 0 Å². The fourth-order valence-electron chi connectivity index (χ4n) is 3.21. The maximum absolute atomic E-state index is 12.5. The number of nitrogens with zero attached hydrogens (tertiary/aromatic N) is 3. The van der Waals surface area contributed by atoms with E-state index in [-0.39, 0.29) is 18.0 Å². The van der Waals surface area contributed by atoms with Gasteiger partial charge in [-0.1, -0.05) is 0 Å². The summed E-state index contributed by atoms with van der Waals surface area (Å²) in [5, 5.41) is 0. The number of carbonyl (C=O) groups is 1. The van der Waals surface area contributed by atoms with Crippen molar-refractivity contribution in [2.75, 3.05) is 32.7 Å². The Balaban J connectivity index is 1.79. The molecule has 1 aromatic rings. The van der Waals surface area contributed by atoms with E-state index in [1.807, 2.05) is 4.90 Å². The number of amides is 1. The second kappa shape index (κ2) is 8.60. The predicted molar refractivity (Wildman–Crippen MR) is 101 cm³/mol. The lowest BCUT2D eigenvalue weighted by molar-refractivity contribution is -0.136. The Morgan fingerprint density at radius 1 is 1.13 bits per heavy atom. The van der Waals surface area contributed by atoms with Gasteiger partial charge in [0.25, 0.3) is 0 Å². The van der Waals surface area contributed by atoms with Crippen LogP contribution in [-0.4, -0.2) is 65.4 Å². The SMILES string of the molecule is CC(C)N(C(=O)CN1CCN(Cc2ccc(Br)s2)CC1)C(C)C. The molecule has 1 aliphatic heterocycles. The second-order valence-corrected chi connectivity index (χ2v) is 9.29. The van der Waals surface area contributed by atoms with Gasteiger partial charge in [0.2, 0.25) is 5.91 Å². The Morgan fingerprint density at radius 3 is 2.17 bits per heavy atom. The van der Waals surface area contributed by atoms with Gasteiger partial charge in [-0.05, 0) is 55.8 Å². The molecule has 0 N–H and O–H groups in total. The van der Waals surface area contributed by atoms with Gasteiger partial charge in [0.15, 0.2) is 0 Å². The summed E-state index contributed by atoms with van der Waals surface area (Å²) in [6, 6.07) is 4.83. The molecule has 2 heterocycles. The highest BCUT2D eigenvalue weighted by Crippen LogP contribution is 2.23. The predicted octanol–water partition coefficient (Wildman–Crippen LogP) is 3.27. The first-order chi connectivity index (χ1) is 10.9. The minimum atomic E-state index is 0.255. The molecule has 0 bridgehead atoms. The average molecular weight is 402 g/mol. The van der Waals surface area contributed by atoms with Crippen LogP contribution in [0.4, 0.5) is 0 Å². The summed E-state index contributed by atoms with van der Waals surface area (Å²) in [4.78, 5) is 20.7. The van der Waals surface area contributed by atoms with Gasteiger partial charge < -0.3 is 4.90 Å². The molecule has 1 fully saturated rings. The Labute approximate surface area is 152 Å². The zero-order valence-corrected chi connectivity index (χ0v) is 17.0. The molecule has 0 unspecified atom stereocenters. The average Bonchev–Trinajstić information content (AvgIpc) is 2.85. The molecule has 6 heteroatoms. The van der Waals surface area contributed by atoms with Crippen LogP contribution >= 0.6 is 27.3 Å². The molecule has 2 rings (SSSR count). The first kappa shape index (κ1) is 18.9. The van der Waals surface area contributed by atoms with Crippen LogP contribution in [0.25, 0.3) is 0 Å². The number of rotatable bonds is 6. The van der Waals surface area contributed by atoms with E-state index in [0.717, 1.165) is 32.7 Å². The summed E-state index contributed by atoms with van der Waals surface area (Å²) in [5.41, 5.74) is 0. The van der Waals surface area contributed by atoms with E-state index in [9.17, 15) is 4.79 Å². The molecule has 0 saturated carbocycles. The molecule has 0 aliphatic carbocycles. The Hall–Kier alpha value is -0.430. The van der Waals surface area contributed by atoms with Crippen LogP contribution in [0.5, 0.6) is 0 Å². The molecular weight excluding hydrogens is 374 g/mol. The smallest absolute Gasteiger partial charge is 0.237 e. The van der Waals surface area contributed by atoms with Crippen LogP contribution < -0.4 is 0 Å². The van der Waals surface area contributed by atoms with Crippen LogP contribution in [0.3, 0.4) is 0 Å². The number of thiophene rings is 1. The molecular formula is C17H28BrN3OS. The lowest BCUT2D eigenvalue weighted by Crippen LogP contribution is -2.52. The maximum Gasteiger partial charge on any atom is 0.237 e. The van der Waals surface area contributed by atoms with Crippen LogP contribution in [-0.2, 0) is 11.3 Å². The summed E-state index contributed by atoms with van der Waals surface area (Å²) in [6.07, 6.45) is 0. The van der Waals surface area contributed by atoms with Crippen LogP contribution in [0.15, 0.2) is 15.9 Å². The number of halogens is 1. The Bertz CT molecular complexity index is 502. The van der Waals surface area contributed by atoms with Crippen molar-refractivity contribution < 1.29 is 4.79 Å². The molecule has 1 saturated heterocycles. The molecule has 0 spiro atoms. The van der Waals surface area contributed by atoms with E-state index in [1.165, 1.54) is 8.66 Å². The van der Waals surface area contributed by atoms with E-state index < -0.39 is 0 Å². The first-order valence-electron chi connectivity index (χ1n) is 8.37. The number of carbonyl (C=O) groups excluding carboxylic acids is 1. The third-order valence-corrected chi connectivity index (χ3v) is 5.84. The molecule has 0 radical (unpaired) electrons. The molecule has 4 nitrogen and oxygen atoms in total. The standard InChI is InChI=1S/C17H28BrN3OS/c1-13(2)21(14(3)4)17(22)12-20-9-7-19(8-10-20)11-15-5-6-16(18)23-15/h5-6,13-14H,7-12H2,1-4H3. The van der Waals surface area contributed by atoms with E-state index in [1.54, 1.807) is 11.3 Å². The largest absolute Gasteiger partial charge is 0.337 e. The minimum Gasteiger partial charge on any atom is -0.337 e. The van der Waals surface area contributed by atoms with Gasteiger partial charge in [-0.2, -0.15) is 0 Å². The van der Waals surface area contributed by atoms with Gasteiger partial charge >= 0.3 is 0 Å². The summed E-state index contributed by atoms with van der Waals surface area (Å²) >= 11 is 5.32. The maximum atomic E-state index is 12.5. The van der Waals surface area contributed by atoms with Crippen LogP contribution in [0.2, 0.25) is 0 Å². The highest BCUT2D eigenvalue weighted by molar-refractivity contribution is 9.11. The topological polar surface area (TPSA) is 26.8 Å². The number of hydrogen-bond acceptors (Lipinski definition) is 4. The second-order valence-electron chi connectivity index (χ2n) is 6.75. The van der Waals surface area contributed by atoms with Crippen molar-refractivity contribution in [3.8, 4) is 0 Å². The van der Waals surface area contributed by atoms with Gasteiger partial charge in [-0.3, -0.25) is 14.6 Å². The monoisotopic (exact) mass is 401 g/mol. The van der Waals surface area contributed by atoms with Gasteiger partial charge in [-0.25, -0.2) is 0 Å². The van der Waals surface area contributed by atoms with E-state index >= 15 is 0 Å². The fourth-order valence-corrected chi connectivity index (χ4v) is 4.73. The van der Waals surface area contributed by atoms with Crippen molar-refractivity contribution in [2.24, 2.45) is 0 Å². The number of piperazine rings is 1. The van der Waals surface area contributed by atoms with Crippen LogP contribution in [0.1, 0.15) is 32.6 Å². The number of hydrogen-bond donors (Lipinski definition) is 0. The van der Waals surface area contributed by atoms with Crippen molar-refractivity contribution >= 4 is 33.2 Å². The normalized spacial score (nSPS) is 17.2. The van der Waals surface area contributed by atoms with Crippen molar-refractivity contribution in [3.05, 3.63) is 20.8 Å². The van der Waals surface area contributed by atoms with Crippen molar-refractivity contribution in [1.82, 2.24) is 14.7 Å². The summed E-state index contributed by atoms with van der Waals surface area (Å²) in [6.45, 7) is 14.0. The lowest BCUT2D eigenvalue weighted by Gasteiger charge is -2.37. The third-order valence-electron chi connectivity index (χ3n) is 4.23. The Morgan fingerprint density at radius 2 is 1.70 bits per heavy atom. The van der Waals surface area contributed by atoms with Gasteiger partial charge in [-0.15, -0.1) is 11.3 Å². The zero-order valence-electron chi connectivity index (χ0n) is 14.6. The third kappa shape index (κ3) is 5.55. The molecule has 1 aromatic heterocycles. The van der Waals surface area contributed by atoms with Gasteiger partial charge in [0, 0.05) is 49.7 Å². The highest BCUT2D eigenvalue weighted by atomic mass is 79.9. The summed E-state index contributed by atoms with van der Waals surface area (Å²) in [5.74, 6) is 0.255. The van der Waals surface area contributed by atoms with Crippen molar-refractivity contribution in [1.29, 1.82) is 0 Å². The lowest BCUT2D eigenvalue weighted by atomic mass is 10.2. The molecule has 0 atom stereocenters. The van der Waals surface area contributed by atoms with Gasteiger partial charge in [0.05, 0.1) is 10.3 Å². The van der Waals surface area contributed by atoms with Crippen molar-refractivity contribution in [3.63, 3.8) is 0 Å². The minimum absolute atomic E-state index is 0.255. The quantitative estimate of drug-likeness (QED) is 0.731. The van der Waals surface area contributed by atoms with Crippen molar-refractivity contribution in [2.45, 2.75) is 46.3 Å².